The van der Waals surface area contributed by atoms with Crippen LogP contribution in [-0.4, -0.2) is 0 Å². The molecule has 2 aromatic rings. The molecular weight excluding hydrogens is 414 g/mol. The van der Waals surface area contributed by atoms with E-state index in [0.29, 0.717) is 6.42 Å². The summed E-state index contributed by atoms with van der Waals surface area (Å²) in [6.45, 7) is 0. The van der Waals surface area contributed by atoms with Gasteiger partial charge in [0, 0.05) is 6.42 Å². The van der Waals surface area contributed by atoms with Crippen LogP contribution in [-0.2, 0) is 39.0 Å². The van der Waals surface area contributed by atoms with Crippen molar-refractivity contribution >= 4 is 0 Å². The molecule has 0 unspecified atom stereocenters. The van der Waals surface area contributed by atoms with Gasteiger partial charge in [-0.25, -0.2) is 12.2 Å². The van der Waals surface area contributed by atoms with E-state index in [4.69, 9.17) is 6.42 Å². The molecule has 2 aliphatic carbocycles. The second-order valence-electron chi connectivity index (χ2n) is 5.09. The van der Waals surface area contributed by atoms with Gasteiger partial charge >= 0.3 is 26.2 Å². The van der Waals surface area contributed by atoms with Crippen LogP contribution in [0.4, 0.5) is 0 Å². The summed E-state index contributed by atoms with van der Waals surface area (Å²) in [5.74, 6) is 2.67. The Morgan fingerprint density at radius 1 is 1.04 bits per heavy atom. The first-order chi connectivity index (χ1) is 10.4. The van der Waals surface area contributed by atoms with Crippen molar-refractivity contribution in [3.05, 3.63) is 83.5 Å². The van der Waals surface area contributed by atoms with Crippen LogP contribution in [0.3, 0.4) is 0 Å². The number of terminal acetylenes is 1. The maximum absolute atomic E-state index is 5.32. The van der Waals surface area contributed by atoms with Crippen LogP contribution in [0, 0.1) is 24.5 Å². The molecule has 0 aromatic heterocycles. The van der Waals surface area contributed by atoms with Gasteiger partial charge in [-0.05, 0) is 6.42 Å². The number of benzene rings is 2. The maximum Gasteiger partial charge on any atom is 4.00 e. The Bertz CT molecular complexity index is 745. The van der Waals surface area contributed by atoms with E-state index in [-0.39, 0.29) is 51.0 Å². The molecule has 0 N–H and O–H groups in total. The fourth-order valence-electron chi connectivity index (χ4n) is 2.66. The number of allylic oxidation sites excluding steroid dienone is 4. The molecule has 0 atom stereocenters. The molecule has 0 nitrogen and oxygen atoms in total. The molecule has 0 radical (unpaired) electrons. The molecule has 0 heterocycles. The first kappa shape index (κ1) is 22.9. The first-order valence-electron chi connectivity index (χ1n) is 7.16. The van der Waals surface area contributed by atoms with E-state index in [1.165, 1.54) is 22.3 Å². The van der Waals surface area contributed by atoms with Crippen LogP contribution in [0.15, 0.2) is 54.6 Å². The van der Waals surface area contributed by atoms with Crippen molar-refractivity contribution in [3.8, 4) is 23.5 Å². The molecule has 3 heteroatoms. The van der Waals surface area contributed by atoms with Gasteiger partial charge < -0.3 is 24.8 Å². The Morgan fingerprint density at radius 3 is 2.46 bits per heavy atom. The summed E-state index contributed by atoms with van der Waals surface area (Å²) in [4.78, 5) is 0. The summed E-state index contributed by atoms with van der Waals surface area (Å²) in [6, 6.07) is 16.2. The summed E-state index contributed by atoms with van der Waals surface area (Å²) < 4.78 is 0. The Kier molecular flexibility index (Phi) is 11.0. The zero-order chi connectivity index (χ0) is 14.5. The molecular formula is C21H16Cl2Zr. The minimum absolute atomic E-state index is 0. The van der Waals surface area contributed by atoms with E-state index in [1.807, 2.05) is 12.2 Å². The van der Waals surface area contributed by atoms with Crippen molar-refractivity contribution in [2.75, 3.05) is 0 Å². The monoisotopic (exact) mass is 428 g/mol. The Morgan fingerprint density at radius 2 is 1.83 bits per heavy atom. The third kappa shape index (κ3) is 5.49. The zero-order valence-corrected chi connectivity index (χ0v) is 17.1. The van der Waals surface area contributed by atoms with Gasteiger partial charge in [-0.15, -0.1) is 29.9 Å². The predicted molar refractivity (Wildman–Crippen MR) is 87.6 cm³/mol. The van der Waals surface area contributed by atoms with Gasteiger partial charge in [0.15, 0.2) is 0 Å². The second kappa shape index (κ2) is 11.5. The topological polar surface area (TPSA) is 0 Å². The molecule has 0 saturated carbocycles. The molecule has 0 amide bonds. The van der Waals surface area contributed by atoms with Crippen molar-refractivity contribution in [2.24, 2.45) is 0 Å². The van der Waals surface area contributed by atoms with Crippen LogP contribution in [0.1, 0.15) is 23.1 Å². The van der Waals surface area contributed by atoms with E-state index in [9.17, 15) is 0 Å². The van der Waals surface area contributed by atoms with Crippen LogP contribution in [0.5, 0.6) is 0 Å². The number of hydrogen-bond acceptors (Lipinski definition) is 0. The fraction of sp³-hybridized carbons (Fsp3) is 0.143. The predicted octanol–water partition coefficient (Wildman–Crippen LogP) is -1.46. The third-order valence-electron chi connectivity index (χ3n) is 3.64. The smallest absolute Gasteiger partial charge is 1.00 e. The van der Waals surface area contributed by atoms with Gasteiger partial charge in [-0.1, -0.05) is 35.4 Å². The second-order valence-corrected chi connectivity index (χ2v) is 5.09. The number of fused-ring (bicyclic) bond motifs is 3. The third-order valence-corrected chi connectivity index (χ3v) is 3.64. The van der Waals surface area contributed by atoms with Crippen molar-refractivity contribution in [1.29, 1.82) is 0 Å². The number of rotatable bonds is 1. The van der Waals surface area contributed by atoms with E-state index < -0.39 is 0 Å². The largest absolute Gasteiger partial charge is 4.00 e. The fourth-order valence-corrected chi connectivity index (χ4v) is 2.66. The minimum atomic E-state index is 0. The molecule has 24 heavy (non-hydrogen) atoms. The summed E-state index contributed by atoms with van der Waals surface area (Å²) in [5, 5.41) is 0. The van der Waals surface area contributed by atoms with Crippen LogP contribution in [0.25, 0.3) is 11.1 Å². The Labute approximate surface area is 176 Å². The Balaban J connectivity index is 0.000000578. The molecule has 0 saturated heterocycles. The summed E-state index contributed by atoms with van der Waals surface area (Å²) in [6.07, 6.45) is 17.0. The molecule has 4 rings (SSSR count). The van der Waals surface area contributed by atoms with Crippen LogP contribution >= 0.6 is 0 Å². The summed E-state index contributed by atoms with van der Waals surface area (Å²) in [5.41, 5.74) is 6.46. The quantitative estimate of drug-likeness (QED) is 0.327. The normalized spacial score (nSPS) is 11.5. The molecule has 0 aliphatic heterocycles. The standard InChI is InChI=1S/C16H11.C5H5.2ClH.Zr/c1-2-5-12-8-9-16-14(10-12)11-13-6-3-4-7-15(13)16;1-2-4-5-3-1;;;/h1,3-4,6-9H,5,11H2;1-3H,4H2;2*1H;/q2*-1;;;+4/p-2. The van der Waals surface area contributed by atoms with Crippen LogP contribution < -0.4 is 24.8 Å². The van der Waals surface area contributed by atoms with Gasteiger partial charge in [0.05, 0.1) is 0 Å². The van der Waals surface area contributed by atoms with Crippen molar-refractivity contribution in [3.63, 3.8) is 0 Å². The summed E-state index contributed by atoms with van der Waals surface area (Å²) in [7, 11) is 0. The molecule has 0 bridgehead atoms. The van der Waals surface area contributed by atoms with E-state index in [0.717, 1.165) is 18.4 Å². The molecule has 2 aliphatic rings. The van der Waals surface area contributed by atoms with Gasteiger partial charge in [-0.3, -0.25) is 6.08 Å². The minimum Gasteiger partial charge on any atom is -1.00 e. The average Bonchev–Trinajstić information content (AvgIpc) is 3.18. The molecule has 0 spiro atoms. The number of hydrogen-bond donors (Lipinski definition) is 0. The van der Waals surface area contributed by atoms with Crippen molar-refractivity contribution in [1.82, 2.24) is 0 Å². The van der Waals surface area contributed by atoms with Gasteiger partial charge in [-0.2, -0.15) is 29.8 Å². The summed E-state index contributed by atoms with van der Waals surface area (Å²) >= 11 is 0. The van der Waals surface area contributed by atoms with Gasteiger partial charge in [0.2, 0.25) is 0 Å². The molecule has 0 fully saturated rings. The molecule has 2 aromatic carbocycles. The van der Waals surface area contributed by atoms with E-state index in [1.54, 1.807) is 0 Å². The van der Waals surface area contributed by atoms with E-state index in [2.05, 4.69) is 60.5 Å². The Hall–Kier alpha value is -1.06. The number of halogens is 2. The zero-order valence-electron chi connectivity index (χ0n) is 13.2. The average molecular weight is 430 g/mol. The van der Waals surface area contributed by atoms with E-state index >= 15 is 0 Å². The SMILES string of the molecule is C#CCc1[c-]c2c(cc1)-c1ccccc1C2.[C-]1=CC=CC1.[Cl-].[Cl-].[Zr+4]. The van der Waals surface area contributed by atoms with Crippen molar-refractivity contribution < 1.29 is 51.0 Å². The van der Waals surface area contributed by atoms with Gasteiger partial charge in [0.25, 0.3) is 0 Å². The van der Waals surface area contributed by atoms with Crippen LogP contribution in [0.2, 0.25) is 0 Å². The van der Waals surface area contributed by atoms with Gasteiger partial charge in [0.1, 0.15) is 0 Å². The van der Waals surface area contributed by atoms with Crippen molar-refractivity contribution in [2.45, 2.75) is 19.3 Å². The first-order valence-corrected chi connectivity index (χ1v) is 7.16. The maximum atomic E-state index is 5.32. The molecule has 118 valence electrons.